The maximum Gasteiger partial charge on any atom is 0.286 e. The highest BCUT2D eigenvalue weighted by atomic mass is 35.5. The molecule has 156 valence electrons. The molecule has 2 heterocycles. The zero-order valence-corrected chi connectivity index (χ0v) is 18.6. The number of hydrogen-bond acceptors (Lipinski definition) is 6. The van der Waals surface area contributed by atoms with E-state index < -0.39 is 22.0 Å². The molecule has 1 N–H and O–H groups in total. The maximum atomic E-state index is 13.1. The minimum atomic E-state index is -3.72. The number of hydrogen-bond donors (Lipinski definition) is 1. The first kappa shape index (κ1) is 21.2. The molecular formula is C19H16Cl2N4O3S2. The average Bonchev–Trinajstić information content (AvgIpc) is 3.40. The number of sulfonamides is 1. The molecule has 3 aromatic rings. The predicted octanol–water partition coefficient (Wildman–Crippen LogP) is 4.62. The first-order chi connectivity index (χ1) is 14.3. The summed E-state index contributed by atoms with van der Waals surface area (Å²) in [5.74, 6) is -0.411. The number of carbonyl (C=O) groups excluding carboxylic acids is 1. The van der Waals surface area contributed by atoms with Gasteiger partial charge in [0.15, 0.2) is 0 Å². The highest BCUT2D eigenvalue weighted by Crippen LogP contribution is 2.38. The third-order valence-electron chi connectivity index (χ3n) is 4.65. The highest BCUT2D eigenvalue weighted by molar-refractivity contribution is 7.89. The third kappa shape index (κ3) is 4.35. The van der Waals surface area contributed by atoms with Crippen LogP contribution in [0.1, 0.15) is 33.7 Å². The van der Waals surface area contributed by atoms with Crippen molar-refractivity contribution in [2.75, 3.05) is 11.9 Å². The van der Waals surface area contributed by atoms with Crippen LogP contribution in [-0.4, -0.2) is 35.4 Å². The summed E-state index contributed by atoms with van der Waals surface area (Å²) in [5, 5.41) is 12.5. The van der Waals surface area contributed by atoms with Gasteiger partial charge in [-0.05, 0) is 61.4 Å². The van der Waals surface area contributed by atoms with Crippen molar-refractivity contribution in [1.82, 2.24) is 14.5 Å². The predicted molar refractivity (Wildman–Crippen MR) is 117 cm³/mol. The minimum Gasteiger partial charge on any atom is -0.320 e. The van der Waals surface area contributed by atoms with Crippen LogP contribution >= 0.6 is 34.5 Å². The Balaban J connectivity index is 1.54. The molecule has 7 nitrogen and oxygen atoms in total. The van der Waals surface area contributed by atoms with Crippen molar-refractivity contribution >= 4 is 56.2 Å². The summed E-state index contributed by atoms with van der Waals surface area (Å²) >= 11 is 12.8. The SMILES string of the molecule is O=C(Nc1ccc(Cl)cc1)c1nnc([C@@H]2CCCN2S(=O)(=O)c2ccc(Cl)cc2)s1. The molecule has 1 atom stereocenters. The lowest BCUT2D eigenvalue weighted by atomic mass is 10.2. The van der Waals surface area contributed by atoms with Crippen LogP contribution in [0, 0.1) is 0 Å². The molecule has 0 saturated carbocycles. The van der Waals surface area contributed by atoms with Crippen molar-refractivity contribution in [3.05, 3.63) is 68.6 Å². The Kier molecular flexibility index (Phi) is 6.08. The number of carbonyl (C=O) groups is 1. The second-order valence-electron chi connectivity index (χ2n) is 6.63. The van der Waals surface area contributed by atoms with Crippen LogP contribution in [0.2, 0.25) is 10.0 Å². The molecule has 0 radical (unpaired) electrons. The zero-order chi connectivity index (χ0) is 21.3. The number of rotatable bonds is 5. The Morgan fingerprint density at radius 1 is 1.03 bits per heavy atom. The Labute approximate surface area is 187 Å². The van der Waals surface area contributed by atoms with Crippen LogP contribution in [0.15, 0.2) is 53.4 Å². The number of halogens is 2. The fourth-order valence-corrected chi connectivity index (χ4v) is 6.06. The molecule has 0 spiro atoms. The van der Waals surface area contributed by atoms with Crippen LogP contribution in [0.3, 0.4) is 0 Å². The van der Waals surface area contributed by atoms with Crippen molar-refractivity contribution in [2.24, 2.45) is 0 Å². The van der Waals surface area contributed by atoms with E-state index in [1.807, 2.05) is 0 Å². The molecule has 1 aliphatic rings. The summed E-state index contributed by atoms with van der Waals surface area (Å²) in [7, 11) is -3.72. The fourth-order valence-electron chi connectivity index (χ4n) is 3.20. The topological polar surface area (TPSA) is 92.3 Å². The van der Waals surface area contributed by atoms with Gasteiger partial charge in [-0.15, -0.1) is 10.2 Å². The zero-order valence-electron chi connectivity index (χ0n) is 15.5. The van der Waals surface area contributed by atoms with E-state index in [9.17, 15) is 13.2 Å². The van der Waals surface area contributed by atoms with Gasteiger partial charge in [-0.25, -0.2) is 8.42 Å². The van der Waals surface area contributed by atoms with Gasteiger partial charge in [-0.3, -0.25) is 4.79 Å². The molecule has 4 rings (SSSR count). The number of anilines is 1. The lowest BCUT2D eigenvalue weighted by Gasteiger charge is -2.22. The lowest BCUT2D eigenvalue weighted by Crippen LogP contribution is -2.30. The summed E-state index contributed by atoms with van der Waals surface area (Å²) in [6.07, 6.45) is 1.31. The molecule has 1 aliphatic heterocycles. The van der Waals surface area contributed by atoms with Gasteiger partial charge in [0.25, 0.3) is 5.91 Å². The molecule has 11 heteroatoms. The van der Waals surface area contributed by atoms with E-state index >= 15 is 0 Å². The van der Waals surface area contributed by atoms with E-state index in [0.29, 0.717) is 40.1 Å². The summed E-state index contributed by atoms with van der Waals surface area (Å²) in [6, 6.07) is 12.3. The van der Waals surface area contributed by atoms with Crippen molar-refractivity contribution < 1.29 is 13.2 Å². The van der Waals surface area contributed by atoms with Gasteiger partial charge in [0, 0.05) is 22.3 Å². The quantitative estimate of drug-likeness (QED) is 0.572. The van der Waals surface area contributed by atoms with Gasteiger partial charge >= 0.3 is 0 Å². The Hall–Kier alpha value is -2.04. The first-order valence-electron chi connectivity index (χ1n) is 9.02. The van der Waals surface area contributed by atoms with E-state index in [2.05, 4.69) is 15.5 Å². The lowest BCUT2D eigenvalue weighted by molar-refractivity contribution is 0.102. The van der Waals surface area contributed by atoms with Crippen LogP contribution in [0.4, 0.5) is 5.69 Å². The van der Waals surface area contributed by atoms with E-state index in [1.54, 1.807) is 36.4 Å². The Morgan fingerprint density at radius 2 is 1.67 bits per heavy atom. The molecule has 0 aliphatic carbocycles. The van der Waals surface area contributed by atoms with Crippen LogP contribution < -0.4 is 5.32 Å². The average molecular weight is 483 g/mol. The largest absolute Gasteiger partial charge is 0.320 e. The van der Waals surface area contributed by atoms with Gasteiger partial charge in [-0.2, -0.15) is 4.31 Å². The normalized spacial score (nSPS) is 17.2. The number of benzene rings is 2. The molecular weight excluding hydrogens is 467 g/mol. The molecule has 0 unspecified atom stereocenters. The summed E-state index contributed by atoms with van der Waals surface area (Å²) in [4.78, 5) is 12.6. The second kappa shape index (κ2) is 8.60. The summed E-state index contributed by atoms with van der Waals surface area (Å²) in [5.41, 5.74) is 0.578. The number of aromatic nitrogens is 2. The van der Waals surface area contributed by atoms with Gasteiger partial charge in [-0.1, -0.05) is 34.5 Å². The van der Waals surface area contributed by atoms with E-state index in [0.717, 1.165) is 11.3 Å². The molecule has 0 bridgehead atoms. The van der Waals surface area contributed by atoms with E-state index in [-0.39, 0.29) is 9.90 Å². The Bertz CT molecular complexity index is 1170. The molecule has 1 fully saturated rings. The first-order valence-corrected chi connectivity index (χ1v) is 12.0. The van der Waals surface area contributed by atoms with Gasteiger partial charge in [0.05, 0.1) is 10.9 Å². The van der Waals surface area contributed by atoms with Crippen molar-refractivity contribution in [2.45, 2.75) is 23.8 Å². The van der Waals surface area contributed by atoms with Crippen molar-refractivity contribution in [3.63, 3.8) is 0 Å². The second-order valence-corrected chi connectivity index (χ2v) is 10.4. The van der Waals surface area contributed by atoms with Crippen LogP contribution in [0.25, 0.3) is 0 Å². The van der Waals surface area contributed by atoms with Gasteiger partial charge < -0.3 is 5.32 Å². The van der Waals surface area contributed by atoms with E-state index in [4.69, 9.17) is 23.2 Å². The minimum absolute atomic E-state index is 0.163. The summed E-state index contributed by atoms with van der Waals surface area (Å²) < 4.78 is 27.6. The smallest absolute Gasteiger partial charge is 0.286 e. The summed E-state index contributed by atoms with van der Waals surface area (Å²) in [6.45, 7) is 0.376. The molecule has 1 aromatic heterocycles. The third-order valence-corrected chi connectivity index (χ3v) is 8.10. The molecule has 1 amide bonds. The Morgan fingerprint density at radius 3 is 2.33 bits per heavy atom. The molecule has 1 saturated heterocycles. The molecule has 2 aromatic carbocycles. The van der Waals surface area contributed by atoms with Crippen molar-refractivity contribution in [3.8, 4) is 0 Å². The number of nitrogens with one attached hydrogen (secondary N) is 1. The maximum absolute atomic E-state index is 13.1. The number of nitrogens with zero attached hydrogens (tertiary/aromatic N) is 3. The van der Waals surface area contributed by atoms with Crippen LogP contribution in [-0.2, 0) is 10.0 Å². The highest BCUT2D eigenvalue weighted by Gasteiger charge is 2.38. The van der Waals surface area contributed by atoms with E-state index in [1.165, 1.54) is 16.4 Å². The number of amides is 1. The monoisotopic (exact) mass is 482 g/mol. The van der Waals surface area contributed by atoms with Gasteiger partial charge in [0.1, 0.15) is 5.01 Å². The van der Waals surface area contributed by atoms with Crippen LogP contribution in [0.5, 0.6) is 0 Å². The van der Waals surface area contributed by atoms with Gasteiger partial charge in [0.2, 0.25) is 15.0 Å². The standard InChI is InChI=1S/C19H16Cl2N4O3S2/c20-12-3-7-14(8-4-12)22-17(26)19-24-23-18(29-19)16-2-1-11-25(16)30(27,28)15-9-5-13(21)6-10-15/h3-10,16H,1-2,11H2,(H,22,26)/t16-/m0/s1. The fraction of sp³-hybridized carbons (Fsp3) is 0.211. The van der Waals surface area contributed by atoms with Crippen molar-refractivity contribution in [1.29, 1.82) is 0 Å². The molecule has 30 heavy (non-hydrogen) atoms.